The van der Waals surface area contributed by atoms with E-state index in [2.05, 4.69) is 4.99 Å². The molecule has 0 aromatic rings. The van der Waals surface area contributed by atoms with Gasteiger partial charge in [-0.2, -0.15) is 0 Å². The van der Waals surface area contributed by atoms with Gasteiger partial charge in [-0.05, 0) is 19.3 Å². The summed E-state index contributed by atoms with van der Waals surface area (Å²) in [7, 11) is 1.79. The average molecular weight is 186 g/mol. The van der Waals surface area contributed by atoms with Crippen molar-refractivity contribution in [2.45, 2.75) is 36.7 Å². The van der Waals surface area contributed by atoms with Crippen molar-refractivity contribution >= 4 is 16.9 Å². The first kappa shape index (κ1) is 8.38. The molecule has 1 heterocycles. The Kier molecular flexibility index (Phi) is 2.28. The lowest BCUT2D eigenvalue weighted by Crippen LogP contribution is -2.31. The highest BCUT2D eigenvalue weighted by Crippen LogP contribution is 2.36. The number of nitrogens with two attached hydrogens (primary N) is 1. The van der Waals surface area contributed by atoms with E-state index in [1.165, 1.54) is 0 Å². The van der Waals surface area contributed by atoms with Crippen LogP contribution < -0.4 is 5.73 Å². The lowest BCUT2D eigenvalue weighted by molar-refractivity contribution is 0.0695. The van der Waals surface area contributed by atoms with Crippen molar-refractivity contribution in [3.05, 3.63) is 0 Å². The monoisotopic (exact) mass is 186 g/mol. The standard InChI is InChI=1S/C8H14N2OS/c1-11-5-2-3-6-7(4-5)12-8(9)10-6/h5-7H,2-4H2,1H3,(H2,9,10)/t5-,6-,7+/m1/s1. The normalized spacial score (nSPS) is 40.8. The summed E-state index contributed by atoms with van der Waals surface area (Å²) in [5.74, 6) is 0. The molecule has 1 aliphatic heterocycles. The van der Waals surface area contributed by atoms with Gasteiger partial charge in [0.05, 0.1) is 12.1 Å². The predicted octanol–water partition coefficient (Wildman–Crippen LogP) is 0.984. The summed E-state index contributed by atoms with van der Waals surface area (Å²) in [6, 6.07) is 0.474. The van der Waals surface area contributed by atoms with E-state index in [1.807, 2.05) is 0 Å². The van der Waals surface area contributed by atoms with E-state index in [0.29, 0.717) is 17.4 Å². The molecule has 0 radical (unpaired) electrons. The Bertz CT molecular complexity index is 207. The maximum Gasteiger partial charge on any atom is 0.154 e. The van der Waals surface area contributed by atoms with E-state index in [9.17, 15) is 0 Å². The largest absolute Gasteiger partial charge is 0.381 e. The first-order chi connectivity index (χ1) is 5.79. The Labute approximate surface area is 76.8 Å². The van der Waals surface area contributed by atoms with Crippen LogP contribution in [0.15, 0.2) is 4.99 Å². The van der Waals surface area contributed by atoms with Gasteiger partial charge >= 0.3 is 0 Å². The van der Waals surface area contributed by atoms with Gasteiger partial charge in [0.2, 0.25) is 0 Å². The van der Waals surface area contributed by atoms with E-state index in [4.69, 9.17) is 10.5 Å². The molecule has 0 amide bonds. The molecule has 0 spiro atoms. The fourth-order valence-electron chi connectivity index (χ4n) is 1.91. The van der Waals surface area contributed by atoms with Crippen LogP contribution >= 0.6 is 11.8 Å². The van der Waals surface area contributed by atoms with Crippen LogP contribution in [-0.4, -0.2) is 29.7 Å². The molecule has 2 aliphatic rings. The molecule has 1 aliphatic carbocycles. The van der Waals surface area contributed by atoms with Crippen LogP contribution in [0.25, 0.3) is 0 Å². The first-order valence-electron chi connectivity index (χ1n) is 4.32. The Morgan fingerprint density at radius 1 is 1.58 bits per heavy atom. The minimum absolute atomic E-state index is 0.430. The van der Waals surface area contributed by atoms with Crippen molar-refractivity contribution in [2.24, 2.45) is 10.7 Å². The van der Waals surface area contributed by atoms with Gasteiger partial charge in [0.25, 0.3) is 0 Å². The number of ether oxygens (including phenoxy) is 1. The lowest BCUT2D eigenvalue weighted by atomic mass is 9.93. The number of hydrogen-bond acceptors (Lipinski definition) is 4. The zero-order chi connectivity index (χ0) is 8.55. The summed E-state index contributed by atoms with van der Waals surface area (Å²) in [5.41, 5.74) is 5.65. The summed E-state index contributed by atoms with van der Waals surface area (Å²) < 4.78 is 5.33. The maximum atomic E-state index is 5.65. The van der Waals surface area contributed by atoms with Crippen molar-refractivity contribution in [3.8, 4) is 0 Å². The topological polar surface area (TPSA) is 47.6 Å². The second-order valence-corrected chi connectivity index (χ2v) is 4.62. The first-order valence-corrected chi connectivity index (χ1v) is 5.20. The van der Waals surface area contributed by atoms with Gasteiger partial charge in [-0.25, -0.2) is 0 Å². The summed E-state index contributed by atoms with van der Waals surface area (Å²) in [5, 5.41) is 1.35. The predicted molar refractivity (Wildman–Crippen MR) is 51.4 cm³/mol. The van der Waals surface area contributed by atoms with Gasteiger partial charge in [0, 0.05) is 12.4 Å². The highest BCUT2D eigenvalue weighted by atomic mass is 32.2. The third-order valence-electron chi connectivity index (χ3n) is 2.61. The second kappa shape index (κ2) is 3.26. The number of thioether (sulfide) groups is 1. The highest BCUT2D eigenvalue weighted by molar-refractivity contribution is 8.14. The summed E-state index contributed by atoms with van der Waals surface area (Å²) >= 11 is 1.72. The molecule has 3 atom stereocenters. The van der Waals surface area contributed by atoms with Gasteiger partial charge in [-0.1, -0.05) is 11.8 Å². The number of hydrogen-bond donors (Lipinski definition) is 1. The third-order valence-corrected chi connectivity index (χ3v) is 3.76. The molecule has 2 rings (SSSR count). The van der Waals surface area contributed by atoms with Crippen molar-refractivity contribution in [2.75, 3.05) is 7.11 Å². The molecule has 0 saturated heterocycles. The van der Waals surface area contributed by atoms with Crippen LogP contribution in [0, 0.1) is 0 Å². The molecular weight excluding hydrogens is 172 g/mol. The smallest absolute Gasteiger partial charge is 0.154 e. The van der Waals surface area contributed by atoms with Crippen LogP contribution in [0.2, 0.25) is 0 Å². The van der Waals surface area contributed by atoms with E-state index in [1.54, 1.807) is 18.9 Å². The number of methoxy groups -OCH3 is 1. The quantitative estimate of drug-likeness (QED) is 0.664. The fourth-order valence-corrected chi connectivity index (χ4v) is 3.09. The fraction of sp³-hybridized carbons (Fsp3) is 0.875. The van der Waals surface area contributed by atoms with Crippen LogP contribution in [0.4, 0.5) is 0 Å². The summed E-state index contributed by atoms with van der Waals surface area (Å²) in [4.78, 5) is 4.38. The Balaban J connectivity index is 1.97. The van der Waals surface area contributed by atoms with Crippen molar-refractivity contribution < 1.29 is 4.74 Å². The molecule has 0 bridgehead atoms. The number of amidine groups is 1. The van der Waals surface area contributed by atoms with E-state index >= 15 is 0 Å². The van der Waals surface area contributed by atoms with E-state index in [0.717, 1.165) is 24.4 Å². The molecule has 1 saturated carbocycles. The Hall–Kier alpha value is -0.220. The molecule has 0 unspecified atom stereocenters. The number of aliphatic imine (C=N–C) groups is 1. The minimum atomic E-state index is 0.430. The SMILES string of the molecule is CO[C@@H]1CC[C@H]2N=C(N)S[C@H]2C1. The maximum absolute atomic E-state index is 5.65. The molecule has 68 valence electrons. The van der Waals surface area contributed by atoms with Gasteiger partial charge in [-0.3, -0.25) is 4.99 Å². The summed E-state index contributed by atoms with van der Waals surface area (Å²) in [6.07, 6.45) is 3.81. The van der Waals surface area contributed by atoms with Crippen LogP contribution in [0.1, 0.15) is 19.3 Å². The number of nitrogens with zero attached hydrogens (tertiary/aromatic N) is 1. The zero-order valence-corrected chi connectivity index (χ0v) is 8.01. The van der Waals surface area contributed by atoms with Crippen LogP contribution in [0.5, 0.6) is 0 Å². The molecule has 0 aromatic carbocycles. The second-order valence-electron chi connectivity index (χ2n) is 3.36. The van der Waals surface area contributed by atoms with E-state index < -0.39 is 0 Å². The Morgan fingerprint density at radius 3 is 3.17 bits per heavy atom. The molecule has 3 nitrogen and oxygen atoms in total. The molecule has 2 N–H and O–H groups in total. The minimum Gasteiger partial charge on any atom is -0.381 e. The average Bonchev–Trinajstić information content (AvgIpc) is 2.43. The van der Waals surface area contributed by atoms with Crippen LogP contribution in [0.3, 0.4) is 0 Å². The van der Waals surface area contributed by atoms with Crippen molar-refractivity contribution in [1.82, 2.24) is 0 Å². The van der Waals surface area contributed by atoms with Crippen molar-refractivity contribution in [1.29, 1.82) is 0 Å². The number of rotatable bonds is 1. The van der Waals surface area contributed by atoms with Gasteiger partial charge in [0.15, 0.2) is 5.17 Å². The summed E-state index contributed by atoms with van der Waals surface area (Å²) in [6.45, 7) is 0. The van der Waals surface area contributed by atoms with Gasteiger partial charge < -0.3 is 10.5 Å². The van der Waals surface area contributed by atoms with Crippen LogP contribution in [-0.2, 0) is 4.74 Å². The highest BCUT2D eigenvalue weighted by Gasteiger charge is 2.35. The third kappa shape index (κ3) is 1.45. The molecular formula is C8H14N2OS. The van der Waals surface area contributed by atoms with E-state index in [-0.39, 0.29) is 0 Å². The van der Waals surface area contributed by atoms with Gasteiger partial charge in [-0.15, -0.1) is 0 Å². The number of fused-ring (bicyclic) bond motifs is 1. The lowest BCUT2D eigenvalue weighted by Gasteiger charge is -2.28. The molecule has 12 heavy (non-hydrogen) atoms. The molecule has 4 heteroatoms. The molecule has 1 fully saturated rings. The van der Waals surface area contributed by atoms with Crippen molar-refractivity contribution in [3.63, 3.8) is 0 Å². The Morgan fingerprint density at radius 2 is 2.42 bits per heavy atom. The van der Waals surface area contributed by atoms with Gasteiger partial charge in [0.1, 0.15) is 0 Å². The molecule has 0 aromatic heterocycles. The zero-order valence-electron chi connectivity index (χ0n) is 7.19.